The van der Waals surface area contributed by atoms with Crippen molar-refractivity contribution in [3.05, 3.63) is 16.5 Å². The van der Waals surface area contributed by atoms with Gasteiger partial charge in [0.1, 0.15) is 5.00 Å². The maximum atomic E-state index is 11.9. The van der Waals surface area contributed by atoms with Gasteiger partial charge in [-0.05, 0) is 29.2 Å². The van der Waals surface area contributed by atoms with Crippen molar-refractivity contribution in [2.75, 3.05) is 12.4 Å². The molecule has 0 radical (unpaired) electrons. The highest BCUT2D eigenvalue weighted by Gasteiger charge is 2.21. The van der Waals surface area contributed by atoms with E-state index in [1.165, 1.54) is 18.4 Å². The van der Waals surface area contributed by atoms with Crippen LogP contribution in [0, 0.1) is 11.8 Å². The minimum atomic E-state index is -0.387. The van der Waals surface area contributed by atoms with Gasteiger partial charge in [0, 0.05) is 6.42 Å². The quantitative estimate of drug-likeness (QED) is 0.814. The zero-order chi connectivity index (χ0) is 15.3. The number of anilines is 1. The van der Waals surface area contributed by atoms with Gasteiger partial charge in [0.05, 0.1) is 12.7 Å². The van der Waals surface area contributed by atoms with Gasteiger partial charge in [-0.2, -0.15) is 0 Å². The Hall–Kier alpha value is -1.36. The lowest BCUT2D eigenvalue weighted by Crippen LogP contribution is -2.16. The molecule has 0 saturated carbocycles. The maximum Gasteiger partial charge on any atom is 0.341 e. The van der Waals surface area contributed by atoms with Crippen LogP contribution in [0.15, 0.2) is 5.38 Å². The van der Waals surface area contributed by atoms with Crippen LogP contribution in [0.2, 0.25) is 0 Å². The topological polar surface area (TPSA) is 55.4 Å². The molecule has 0 aromatic carbocycles. The van der Waals surface area contributed by atoms with Crippen LogP contribution >= 0.6 is 11.3 Å². The zero-order valence-corrected chi connectivity index (χ0v) is 13.6. The van der Waals surface area contributed by atoms with E-state index < -0.39 is 0 Å². The Bertz CT molecular complexity index is 477. The largest absolute Gasteiger partial charge is 0.465 e. The second-order valence-electron chi connectivity index (χ2n) is 5.70. The lowest BCUT2D eigenvalue weighted by molar-refractivity contribution is -0.116. The second kappa shape index (κ2) is 7.43. The molecular formula is C15H23NO3S. The Morgan fingerprint density at radius 3 is 2.40 bits per heavy atom. The Morgan fingerprint density at radius 1 is 1.25 bits per heavy atom. The summed E-state index contributed by atoms with van der Waals surface area (Å²) in [4.78, 5) is 23.8. The summed E-state index contributed by atoms with van der Waals surface area (Å²) in [5.74, 6) is 0.267. The molecule has 1 aromatic heterocycles. The first-order valence-corrected chi connectivity index (χ1v) is 7.71. The van der Waals surface area contributed by atoms with Gasteiger partial charge >= 0.3 is 5.97 Å². The van der Waals surface area contributed by atoms with Gasteiger partial charge in [-0.15, -0.1) is 11.3 Å². The molecule has 1 amide bonds. The molecule has 0 aliphatic rings. The molecule has 0 saturated heterocycles. The molecule has 0 atom stereocenters. The molecule has 0 bridgehead atoms. The molecule has 0 aliphatic heterocycles. The van der Waals surface area contributed by atoms with E-state index in [0.29, 0.717) is 22.9 Å². The number of rotatable bonds is 6. The number of thiophene rings is 1. The van der Waals surface area contributed by atoms with E-state index in [4.69, 9.17) is 4.74 Å². The van der Waals surface area contributed by atoms with Crippen LogP contribution < -0.4 is 5.32 Å². The third-order valence-corrected chi connectivity index (χ3v) is 3.68. The summed E-state index contributed by atoms with van der Waals surface area (Å²) in [5, 5.41) is 5.35. The molecule has 4 nitrogen and oxygen atoms in total. The Labute approximate surface area is 124 Å². The highest BCUT2D eigenvalue weighted by molar-refractivity contribution is 7.15. The number of ether oxygens (including phenoxy) is 1. The van der Waals surface area contributed by atoms with Crippen molar-refractivity contribution in [1.29, 1.82) is 0 Å². The summed E-state index contributed by atoms with van der Waals surface area (Å²) in [6.45, 7) is 8.16. The van der Waals surface area contributed by atoms with E-state index in [0.717, 1.165) is 12.0 Å². The van der Waals surface area contributed by atoms with Gasteiger partial charge in [-0.25, -0.2) is 4.79 Å². The average Bonchev–Trinajstić information content (AvgIpc) is 2.69. The van der Waals surface area contributed by atoms with E-state index in [9.17, 15) is 9.59 Å². The first-order valence-electron chi connectivity index (χ1n) is 6.83. The molecule has 0 spiro atoms. The number of esters is 1. The third-order valence-electron chi connectivity index (χ3n) is 2.73. The summed E-state index contributed by atoms with van der Waals surface area (Å²) >= 11 is 1.38. The lowest BCUT2D eigenvalue weighted by atomic mass is 10.0. The van der Waals surface area contributed by atoms with Crippen molar-refractivity contribution in [2.24, 2.45) is 11.8 Å². The molecule has 5 heteroatoms. The number of hydrogen-bond donors (Lipinski definition) is 1. The number of carbonyl (C=O) groups is 2. The molecule has 1 aromatic rings. The fourth-order valence-corrected chi connectivity index (χ4v) is 2.93. The van der Waals surface area contributed by atoms with E-state index in [1.54, 1.807) is 0 Å². The molecule has 0 aliphatic carbocycles. The highest BCUT2D eigenvalue weighted by atomic mass is 32.1. The standard InChI is InChI=1S/C15H23NO3S/c1-9(2)6-11-8-20-14(13(11)15(18)19-5)16-12(17)7-10(3)4/h8-10H,6-7H2,1-5H3,(H,16,17). The Kier molecular flexibility index (Phi) is 6.20. The van der Waals surface area contributed by atoms with Gasteiger partial charge in [-0.3, -0.25) is 4.79 Å². The predicted molar refractivity (Wildman–Crippen MR) is 82.3 cm³/mol. The summed E-state index contributed by atoms with van der Waals surface area (Å²) in [7, 11) is 1.36. The Morgan fingerprint density at radius 2 is 1.90 bits per heavy atom. The minimum absolute atomic E-state index is 0.0666. The number of hydrogen-bond acceptors (Lipinski definition) is 4. The van der Waals surface area contributed by atoms with Crippen LogP contribution in [0.3, 0.4) is 0 Å². The van der Waals surface area contributed by atoms with Crippen molar-refractivity contribution in [3.8, 4) is 0 Å². The fourth-order valence-electron chi connectivity index (χ4n) is 1.95. The number of methoxy groups -OCH3 is 1. The molecule has 0 fully saturated rings. The Balaban J connectivity index is 2.98. The van der Waals surface area contributed by atoms with Crippen LogP contribution in [0.4, 0.5) is 5.00 Å². The number of carbonyl (C=O) groups excluding carboxylic acids is 2. The van der Waals surface area contributed by atoms with Crippen LogP contribution in [-0.4, -0.2) is 19.0 Å². The van der Waals surface area contributed by atoms with Crippen molar-refractivity contribution >= 4 is 28.2 Å². The van der Waals surface area contributed by atoms with Crippen LogP contribution in [0.25, 0.3) is 0 Å². The van der Waals surface area contributed by atoms with Crippen LogP contribution in [-0.2, 0) is 16.0 Å². The van der Waals surface area contributed by atoms with Crippen molar-refractivity contribution in [1.82, 2.24) is 0 Å². The second-order valence-corrected chi connectivity index (χ2v) is 6.58. The van der Waals surface area contributed by atoms with E-state index in [2.05, 4.69) is 19.2 Å². The van der Waals surface area contributed by atoms with E-state index in [-0.39, 0.29) is 17.8 Å². The van der Waals surface area contributed by atoms with Crippen molar-refractivity contribution in [2.45, 2.75) is 40.5 Å². The molecular weight excluding hydrogens is 274 g/mol. The van der Waals surface area contributed by atoms with E-state index in [1.807, 2.05) is 19.2 Å². The maximum absolute atomic E-state index is 11.9. The van der Waals surface area contributed by atoms with Gasteiger partial charge in [-0.1, -0.05) is 27.7 Å². The molecule has 1 heterocycles. The SMILES string of the molecule is COC(=O)c1c(CC(C)C)csc1NC(=O)CC(C)C. The number of nitrogens with one attached hydrogen (secondary N) is 1. The summed E-state index contributed by atoms with van der Waals surface area (Å²) in [6, 6.07) is 0. The van der Waals surface area contributed by atoms with E-state index >= 15 is 0 Å². The van der Waals surface area contributed by atoms with Crippen molar-refractivity contribution < 1.29 is 14.3 Å². The first-order chi connectivity index (χ1) is 9.35. The highest BCUT2D eigenvalue weighted by Crippen LogP contribution is 2.31. The summed E-state index contributed by atoms with van der Waals surface area (Å²) in [5.41, 5.74) is 1.44. The molecule has 0 unspecified atom stereocenters. The number of amides is 1. The smallest absolute Gasteiger partial charge is 0.341 e. The predicted octanol–water partition coefficient (Wildman–Crippen LogP) is 3.72. The molecule has 112 valence electrons. The first kappa shape index (κ1) is 16.7. The van der Waals surface area contributed by atoms with Gasteiger partial charge in [0.2, 0.25) is 5.91 Å². The summed E-state index contributed by atoms with van der Waals surface area (Å²) < 4.78 is 4.84. The van der Waals surface area contributed by atoms with Crippen LogP contribution in [0.1, 0.15) is 50.0 Å². The van der Waals surface area contributed by atoms with Crippen molar-refractivity contribution in [3.63, 3.8) is 0 Å². The third kappa shape index (κ3) is 4.63. The van der Waals surface area contributed by atoms with Gasteiger partial charge in [0.25, 0.3) is 0 Å². The van der Waals surface area contributed by atoms with Crippen LogP contribution in [0.5, 0.6) is 0 Å². The zero-order valence-electron chi connectivity index (χ0n) is 12.8. The normalized spacial score (nSPS) is 10.9. The fraction of sp³-hybridized carbons (Fsp3) is 0.600. The van der Waals surface area contributed by atoms with Gasteiger partial charge < -0.3 is 10.1 Å². The average molecular weight is 297 g/mol. The molecule has 20 heavy (non-hydrogen) atoms. The lowest BCUT2D eigenvalue weighted by Gasteiger charge is -2.09. The monoisotopic (exact) mass is 297 g/mol. The minimum Gasteiger partial charge on any atom is -0.465 e. The molecule has 1 rings (SSSR count). The molecule has 1 N–H and O–H groups in total. The van der Waals surface area contributed by atoms with Gasteiger partial charge in [0.15, 0.2) is 0 Å². The summed E-state index contributed by atoms with van der Waals surface area (Å²) in [6.07, 6.45) is 1.24.